The standard InChI is InChI=1S/C12H19N5O/c1-16-6-3-7-17(9-8-16)12-10(11(13)15-18)4-2-5-14-12/h2,4-5,18H,3,6-9H2,1H3,(H2,13,15). The van der Waals surface area contributed by atoms with Gasteiger partial charge in [-0.1, -0.05) is 5.16 Å². The van der Waals surface area contributed by atoms with Gasteiger partial charge in [0, 0.05) is 25.8 Å². The molecule has 2 heterocycles. The van der Waals surface area contributed by atoms with Crippen molar-refractivity contribution in [3.05, 3.63) is 23.9 Å². The van der Waals surface area contributed by atoms with Crippen molar-refractivity contribution in [2.45, 2.75) is 6.42 Å². The van der Waals surface area contributed by atoms with Crippen LogP contribution in [0.5, 0.6) is 0 Å². The lowest BCUT2D eigenvalue weighted by Gasteiger charge is -2.23. The number of oxime groups is 1. The van der Waals surface area contributed by atoms with Gasteiger partial charge in [-0.05, 0) is 32.1 Å². The van der Waals surface area contributed by atoms with Crippen LogP contribution < -0.4 is 10.6 Å². The highest BCUT2D eigenvalue weighted by Crippen LogP contribution is 2.18. The van der Waals surface area contributed by atoms with Crippen LogP contribution in [0.15, 0.2) is 23.5 Å². The van der Waals surface area contributed by atoms with E-state index in [9.17, 15) is 0 Å². The third-order valence-electron chi connectivity index (χ3n) is 3.19. The van der Waals surface area contributed by atoms with E-state index in [0.29, 0.717) is 5.56 Å². The lowest BCUT2D eigenvalue weighted by molar-refractivity contribution is 0.318. The number of nitrogens with zero attached hydrogens (tertiary/aromatic N) is 4. The number of aromatic nitrogens is 1. The summed E-state index contributed by atoms with van der Waals surface area (Å²) < 4.78 is 0. The maximum atomic E-state index is 8.82. The van der Waals surface area contributed by atoms with E-state index in [-0.39, 0.29) is 5.84 Å². The topological polar surface area (TPSA) is 78.0 Å². The molecule has 1 aromatic heterocycles. The summed E-state index contributed by atoms with van der Waals surface area (Å²) in [4.78, 5) is 8.86. The molecule has 0 spiro atoms. The van der Waals surface area contributed by atoms with Gasteiger partial charge in [0.05, 0.1) is 5.56 Å². The van der Waals surface area contributed by atoms with Gasteiger partial charge >= 0.3 is 0 Å². The molecule has 18 heavy (non-hydrogen) atoms. The number of likely N-dealkylation sites (N-methyl/N-ethyl adjacent to an activating group) is 1. The molecule has 3 N–H and O–H groups in total. The Morgan fingerprint density at radius 1 is 1.39 bits per heavy atom. The number of amidine groups is 1. The van der Waals surface area contributed by atoms with Gasteiger partial charge in [0.15, 0.2) is 5.84 Å². The molecule has 1 fully saturated rings. The summed E-state index contributed by atoms with van der Waals surface area (Å²) in [6.45, 7) is 3.92. The van der Waals surface area contributed by atoms with Crippen LogP contribution in [0.3, 0.4) is 0 Å². The largest absolute Gasteiger partial charge is 0.409 e. The SMILES string of the molecule is CN1CCCN(c2ncccc2/C(N)=N/O)CC1. The first kappa shape index (κ1) is 12.6. The first-order chi connectivity index (χ1) is 8.72. The monoisotopic (exact) mass is 249 g/mol. The van der Waals surface area contributed by atoms with E-state index in [1.54, 1.807) is 12.3 Å². The predicted octanol–water partition coefficient (Wildman–Crippen LogP) is 0.318. The van der Waals surface area contributed by atoms with Crippen molar-refractivity contribution in [3.63, 3.8) is 0 Å². The van der Waals surface area contributed by atoms with Gasteiger partial charge in [-0.25, -0.2) is 4.98 Å². The second kappa shape index (κ2) is 5.68. The van der Waals surface area contributed by atoms with Crippen LogP contribution in [0.25, 0.3) is 0 Å². The van der Waals surface area contributed by atoms with Crippen molar-refractivity contribution in [2.24, 2.45) is 10.9 Å². The summed E-state index contributed by atoms with van der Waals surface area (Å²) >= 11 is 0. The van der Waals surface area contributed by atoms with E-state index in [2.05, 4.69) is 27.0 Å². The molecular weight excluding hydrogens is 230 g/mol. The Balaban J connectivity index is 2.27. The minimum Gasteiger partial charge on any atom is -0.409 e. The van der Waals surface area contributed by atoms with Crippen LogP contribution in [0, 0.1) is 0 Å². The zero-order valence-electron chi connectivity index (χ0n) is 10.6. The lowest BCUT2D eigenvalue weighted by atomic mass is 10.2. The molecule has 6 heteroatoms. The normalized spacial score (nSPS) is 18.7. The fraction of sp³-hybridized carbons (Fsp3) is 0.500. The summed E-state index contributed by atoms with van der Waals surface area (Å²) in [5.74, 6) is 0.902. The van der Waals surface area contributed by atoms with Crippen LogP contribution in [0.1, 0.15) is 12.0 Å². The molecule has 0 radical (unpaired) electrons. The molecule has 0 aromatic carbocycles. The van der Waals surface area contributed by atoms with Crippen molar-refractivity contribution in [1.82, 2.24) is 9.88 Å². The van der Waals surface area contributed by atoms with Crippen molar-refractivity contribution >= 4 is 11.7 Å². The van der Waals surface area contributed by atoms with Crippen LogP contribution >= 0.6 is 0 Å². The van der Waals surface area contributed by atoms with E-state index < -0.39 is 0 Å². The first-order valence-electron chi connectivity index (χ1n) is 6.09. The van der Waals surface area contributed by atoms with Crippen LogP contribution in [0.2, 0.25) is 0 Å². The lowest BCUT2D eigenvalue weighted by Crippen LogP contribution is -2.31. The highest BCUT2D eigenvalue weighted by molar-refractivity contribution is 6.01. The zero-order chi connectivity index (χ0) is 13.0. The van der Waals surface area contributed by atoms with E-state index >= 15 is 0 Å². The summed E-state index contributed by atoms with van der Waals surface area (Å²) in [6, 6.07) is 3.62. The average Bonchev–Trinajstić information content (AvgIpc) is 2.62. The minimum absolute atomic E-state index is 0.107. The molecule has 98 valence electrons. The fourth-order valence-electron chi connectivity index (χ4n) is 2.16. The number of rotatable bonds is 2. The zero-order valence-corrected chi connectivity index (χ0v) is 10.6. The predicted molar refractivity (Wildman–Crippen MR) is 71.1 cm³/mol. The van der Waals surface area contributed by atoms with Crippen LogP contribution in [0.4, 0.5) is 5.82 Å². The molecule has 2 rings (SSSR count). The third-order valence-corrected chi connectivity index (χ3v) is 3.19. The second-order valence-electron chi connectivity index (χ2n) is 4.50. The summed E-state index contributed by atoms with van der Waals surface area (Å²) in [5.41, 5.74) is 6.38. The molecule has 0 unspecified atom stereocenters. The van der Waals surface area contributed by atoms with Gasteiger partial charge in [0.1, 0.15) is 5.82 Å². The average molecular weight is 249 g/mol. The summed E-state index contributed by atoms with van der Waals surface area (Å²) in [7, 11) is 2.12. The van der Waals surface area contributed by atoms with E-state index in [1.807, 2.05) is 6.07 Å². The second-order valence-corrected chi connectivity index (χ2v) is 4.50. The number of pyridine rings is 1. The highest BCUT2D eigenvalue weighted by atomic mass is 16.4. The van der Waals surface area contributed by atoms with Crippen molar-refractivity contribution in [3.8, 4) is 0 Å². The maximum Gasteiger partial charge on any atom is 0.173 e. The molecule has 0 aliphatic carbocycles. The molecule has 6 nitrogen and oxygen atoms in total. The number of hydrogen-bond donors (Lipinski definition) is 2. The van der Waals surface area contributed by atoms with Crippen LogP contribution in [-0.4, -0.2) is 54.2 Å². The molecule has 1 aromatic rings. The van der Waals surface area contributed by atoms with Gasteiger partial charge in [-0.3, -0.25) is 0 Å². The number of hydrogen-bond acceptors (Lipinski definition) is 5. The van der Waals surface area contributed by atoms with Gasteiger partial charge in [0.25, 0.3) is 0 Å². The Morgan fingerprint density at radius 3 is 3.00 bits per heavy atom. The molecule has 1 aliphatic rings. The van der Waals surface area contributed by atoms with Gasteiger partial charge in [0.2, 0.25) is 0 Å². The third kappa shape index (κ3) is 2.70. The summed E-state index contributed by atoms with van der Waals surface area (Å²) in [6.07, 6.45) is 2.82. The Morgan fingerprint density at radius 2 is 2.22 bits per heavy atom. The molecule has 0 saturated carbocycles. The van der Waals surface area contributed by atoms with E-state index in [4.69, 9.17) is 10.9 Å². The van der Waals surface area contributed by atoms with Gasteiger partial charge in [-0.15, -0.1) is 0 Å². The number of anilines is 1. The van der Waals surface area contributed by atoms with Gasteiger partial charge in [-0.2, -0.15) is 0 Å². The van der Waals surface area contributed by atoms with Crippen molar-refractivity contribution in [2.75, 3.05) is 38.1 Å². The highest BCUT2D eigenvalue weighted by Gasteiger charge is 2.18. The Kier molecular flexibility index (Phi) is 3.99. The van der Waals surface area contributed by atoms with E-state index in [1.165, 1.54) is 0 Å². The van der Waals surface area contributed by atoms with E-state index in [0.717, 1.165) is 38.4 Å². The molecular formula is C12H19N5O. The Hall–Kier alpha value is -1.82. The van der Waals surface area contributed by atoms with Crippen molar-refractivity contribution in [1.29, 1.82) is 0 Å². The molecule has 0 bridgehead atoms. The molecule has 0 atom stereocenters. The number of nitrogens with two attached hydrogens (primary N) is 1. The van der Waals surface area contributed by atoms with Gasteiger partial charge < -0.3 is 20.7 Å². The van der Waals surface area contributed by atoms with Crippen molar-refractivity contribution < 1.29 is 5.21 Å². The Labute approximate surface area is 107 Å². The molecule has 0 amide bonds. The molecule has 1 saturated heterocycles. The fourth-order valence-corrected chi connectivity index (χ4v) is 2.16. The summed E-state index contributed by atoms with van der Waals surface area (Å²) in [5, 5.41) is 11.9. The Bertz CT molecular complexity index is 434. The molecule has 1 aliphatic heterocycles. The van der Waals surface area contributed by atoms with Crippen LogP contribution in [-0.2, 0) is 0 Å². The minimum atomic E-state index is 0.107. The smallest absolute Gasteiger partial charge is 0.173 e. The maximum absolute atomic E-state index is 8.82. The first-order valence-corrected chi connectivity index (χ1v) is 6.09. The quantitative estimate of drug-likeness (QED) is 0.341.